The predicted octanol–water partition coefficient (Wildman–Crippen LogP) is 3.13. The number of nitrogens with zero attached hydrogens (tertiary/aromatic N) is 1. The molecule has 0 aliphatic rings. The zero-order chi connectivity index (χ0) is 15.5. The molecular weight excluding hydrogens is 311 g/mol. The van der Waals surface area contributed by atoms with Crippen molar-refractivity contribution in [1.29, 1.82) is 0 Å². The highest BCUT2D eigenvalue weighted by atomic mass is 31.1. The molecule has 0 amide bonds. The molecule has 112 valence electrons. The van der Waals surface area contributed by atoms with E-state index in [0.29, 0.717) is 0 Å². The molecule has 1 rings (SSSR count). The standard InChI is InChI=1S/C8H7F4N2O5P/c1-18-20(17)19-13-6-3-5(9)4(8(10,11)12)2-7(6)14(15)16/h2-3,13,20H,1H3. The van der Waals surface area contributed by atoms with E-state index in [9.17, 15) is 32.2 Å². The lowest BCUT2D eigenvalue weighted by Gasteiger charge is -2.11. The summed E-state index contributed by atoms with van der Waals surface area (Å²) in [6.45, 7) is 0. The van der Waals surface area contributed by atoms with Crippen molar-refractivity contribution in [3.8, 4) is 0 Å². The van der Waals surface area contributed by atoms with Crippen LogP contribution in [0.25, 0.3) is 0 Å². The summed E-state index contributed by atoms with van der Waals surface area (Å²) in [5.74, 6) is -1.74. The van der Waals surface area contributed by atoms with Gasteiger partial charge in [-0.25, -0.2) is 4.39 Å². The highest BCUT2D eigenvalue weighted by molar-refractivity contribution is 7.33. The van der Waals surface area contributed by atoms with Crippen LogP contribution in [0.4, 0.5) is 28.9 Å². The third kappa shape index (κ3) is 3.89. The molecule has 1 unspecified atom stereocenters. The second-order valence-corrected chi connectivity index (χ2v) is 4.37. The Kier molecular flexibility index (Phi) is 5.03. The zero-order valence-electron chi connectivity index (χ0n) is 9.66. The molecule has 0 aromatic heterocycles. The molecule has 0 spiro atoms. The van der Waals surface area contributed by atoms with E-state index in [1.165, 1.54) is 0 Å². The summed E-state index contributed by atoms with van der Waals surface area (Å²) in [6, 6.07) is 0.219. The van der Waals surface area contributed by atoms with Crippen molar-refractivity contribution in [1.82, 2.24) is 0 Å². The van der Waals surface area contributed by atoms with E-state index in [0.717, 1.165) is 7.11 Å². The first kappa shape index (κ1) is 16.3. The highest BCUT2D eigenvalue weighted by Crippen LogP contribution is 2.38. The van der Waals surface area contributed by atoms with Crippen molar-refractivity contribution >= 4 is 19.6 Å². The van der Waals surface area contributed by atoms with E-state index in [1.54, 1.807) is 5.48 Å². The maximum Gasteiger partial charge on any atom is 0.419 e. The first-order valence-electron chi connectivity index (χ1n) is 4.72. The lowest BCUT2D eigenvalue weighted by atomic mass is 10.1. The number of nitro benzene ring substituents is 1. The Bertz CT molecular complexity index is 550. The molecule has 1 atom stereocenters. The molecule has 0 heterocycles. The summed E-state index contributed by atoms with van der Waals surface area (Å²) in [6.07, 6.45) is -5.09. The van der Waals surface area contributed by atoms with Gasteiger partial charge in [-0.3, -0.25) is 20.2 Å². The minimum Gasteiger partial charge on any atom is -0.313 e. The molecule has 1 aromatic rings. The fraction of sp³-hybridized carbons (Fsp3) is 0.250. The first-order chi connectivity index (χ1) is 9.16. The van der Waals surface area contributed by atoms with Gasteiger partial charge in [0.1, 0.15) is 11.5 Å². The van der Waals surface area contributed by atoms with Crippen molar-refractivity contribution in [2.75, 3.05) is 12.6 Å². The Labute approximate surface area is 109 Å². The number of anilines is 1. The minimum atomic E-state index is -5.09. The van der Waals surface area contributed by atoms with Gasteiger partial charge in [0.25, 0.3) is 5.69 Å². The van der Waals surface area contributed by atoms with E-state index in [1.807, 2.05) is 0 Å². The van der Waals surface area contributed by atoms with Crippen LogP contribution in [0.3, 0.4) is 0 Å². The van der Waals surface area contributed by atoms with Gasteiger partial charge in [-0.05, 0) is 0 Å². The smallest absolute Gasteiger partial charge is 0.313 e. The van der Waals surface area contributed by atoms with Gasteiger partial charge in [0, 0.05) is 19.2 Å². The molecular formula is C8H7F4N2O5P. The fourth-order valence-electron chi connectivity index (χ4n) is 1.15. The number of rotatable bonds is 5. The average molecular weight is 318 g/mol. The van der Waals surface area contributed by atoms with Crippen LogP contribution in [0.15, 0.2) is 12.1 Å². The molecule has 1 N–H and O–H groups in total. The molecule has 1 aromatic carbocycles. The number of nitro groups is 1. The lowest BCUT2D eigenvalue weighted by molar-refractivity contribution is -0.384. The van der Waals surface area contributed by atoms with Crippen LogP contribution in [0.5, 0.6) is 0 Å². The van der Waals surface area contributed by atoms with Gasteiger partial charge in [0.05, 0.1) is 10.5 Å². The normalized spacial score (nSPS) is 13.1. The van der Waals surface area contributed by atoms with E-state index in [2.05, 4.69) is 9.15 Å². The van der Waals surface area contributed by atoms with Crippen LogP contribution < -0.4 is 5.48 Å². The molecule has 0 saturated heterocycles. The Morgan fingerprint density at radius 1 is 1.40 bits per heavy atom. The maximum atomic E-state index is 13.3. The van der Waals surface area contributed by atoms with Gasteiger partial charge >= 0.3 is 14.4 Å². The minimum absolute atomic E-state index is 0.00501. The summed E-state index contributed by atoms with van der Waals surface area (Å²) in [5, 5.41) is 10.6. The highest BCUT2D eigenvalue weighted by Gasteiger charge is 2.37. The van der Waals surface area contributed by atoms with E-state index in [-0.39, 0.29) is 12.1 Å². The first-order valence-corrected chi connectivity index (χ1v) is 5.95. The fourth-order valence-corrected chi connectivity index (χ4v) is 1.43. The molecule has 0 fully saturated rings. The number of halogens is 4. The molecule has 0 bridgehead atoms. The summed E-state index contributed by atoms with van der Waals surface area (Å²) in [5.41, 5.74) is -1.89. The second-order valence-electron chi connectivity index (χ2n) is 3.26. The Balaban J connectivity index is 3.21. The SMILES string of the molecule is CO[PH](=O)ONc1cc(F)c(C(F)(F)F)cc1[N+](=O)[O-]. The van der Waals surface area contributed by atoms with Crippen LogP contribution >= 0.6 is 8.25 Å². The van der Waals surface area contributed by atoms with Gasteiger partial charge in [0.15, 0.2) is 0 Å². The van der Waals surface area contributed by atoms with Gasteiger partial charge in [-0.2, -0.15) is 17.8 Å². The van der Waals surface area contributed by atoms with E-state index >= 15 is 0 Å². The number of hydrogen-bond acceptors (Lipinski definition) is 6. The summed E-state index contributed by atoms with van der Waals surface area (Å²) in [7, 11) is -2.04. The van der Waals surface area contributed by atoms with Crippen LogP contribution in [-0.2, 0) is 19.9 Å². The maximum absolute atomic E-state index is 13.3. The predicted molar refractivity (Wildman–Crippen MR) is 58.8 cm³/mol. The van der Waals surface area contributed by atoms with Crippen LogP contribution in [-0.4, -0.2) is 12.0 Å². The third-order valence-electron chi connectivity index (χ3n) is 2.00. The summed E-state index contributed by atoms with van der Waals surface area (Å²) >= 11 is 0. The topological polar surface area (TPSA) is 90.7 Å². The number of hydrogen-bond donors (Lipinski definition) is 1. The molecule has 0 aliphatic carbocycles. The number of benzene rings is 1. The number of alkyl halides is 3. The van der Waals surface area contributed by atoms with Crippen LogP contribution in [0.1, 0.15) is 5.56 Å². The van der Waals surface area contributed by atoms with Crippen molar-refractivity contribution in [3.05, 3.63) is 33.6 Å². The summed E-state index contributed by atoms with van der Waals surface area (Å²) < 4.78 is 69.8. The second kappa shape index (κ2) is 6.16. The molecule has 7 nitrogen and oxygen atoms in total. The quantitative estimate of drug-likeness (QED) is 0.388. The van der Waals surface area contributed by atoms with Crippen molar-refractivity contribution in [2.24, 2.45) is 0 Å². The van der Waals surface area contributed by atoms with Gasteiger partial charge in [0.2, 0.25) is 0 Å². The molecule has 12 heteroatoms. The average Bonchev–Trinajstić information content (AvgIpc) is 2.33. The van der Waals surface area contributed by atoms with Crippen molar-refractivity contribution < 1.29 is 36.2 Å². The Morgan fingerprint density at radius 2 is 2.00 bits per heavy atom. The monoisotopic (exact) mass is 318 g/mol. The van der Waals surface area contributed by atoms with E-state index < -0.39 is 42.1 Å². The summed E-state index contributed by atoms with van der Waals surface area (Å²) in [4.78, 5) is 9.47. The van der Waals surface area contributed by atoms with Gasteiger partial charge < -0.3 is 4.52 Å². The largest absolute Gasteiger partial charge is 0.419 e. The third-order valence-corrected chi connectivity index (χ3v) is 2.60. The van der Waals surface area contributed by atoms with Gasteiger partial charge in [-0.15, -0.1) is 0 Å². The van der Waals surface area contributed by atoms with E-state index in [4.69, 9.17) is 0 Å². The Morgan fingerprint density at radius 3 is 2.45 bits per heavy atom. The van der Waals surface area contributed by atoms with Crippen molar-refractivity contribution in [3.63, 3.8) is 0 Å². The molecule has 0 radical (unpaired) electrons. The van der Waals surface area contributed by atoms with Crippen LogP contribution in [0.2, 0.25) is 0 Å². The van der Waals surface area contributed by atoms with Gasteiger partial charge in [-0.1, -0.05) is 0 Å². The number of nitrogens with one attached hydrogen (secondary N) is 1. The lowest BCUT2D eigenvalue weighted by Crippen LogP contribution is -2.10. The van der Waals surface area contributed by atoms with Crippen molar-refractivity contribution in [2.45, 2.75) is 6.18 Å². The molecule has 0 saturated carbocycles. The molecule has 20 heavy (non-hydrogen) atoms. The molecule has 0 aliphatic heterocycles. The Hall–Kier alpha value is -1.71. The van der Waals surface area contributed by atoms with Crippen LogP contribution in [0, 0.1) is 15.9 Å². The zero-order valence-corrected chi connectivity index (χ0v) is 10.7.